The molecule has 0 aromatic carbocycles. The van der Waals surface area contributed by atoms with Gasteiger partial charge in [0.2, 0.25) is 5.95 Å². The molecule has 0 saturated heterocycles. The van der Waals surface area contributed by atoms with Crippen LogP contribution in [0, 0.1) is 5.41 Å². The number of hydrogen-bond acceptors (Lipinski definition) is 5. The predicted molar refractivity (Wildman–Crippen MR) is 58.7 cm³/mol. The molecule has 0 radical (unpaired) electrons. The molecule has 100 valence electrons. The zero-order valence-corrected chi connectivity index (χ0v) is 9.46. The molecule has 1 fully saturated rings. The molecule has 0 amide bonds. The van der Waals surface area contributed by atoms with Crippen LogP contribution in [0.2, 0.25) is 0 Å². The third-order valence-corrected chi connectivity index (χ3v) is 2.97. The highest BCUT2D eigenvalue weighted by Crippen LogP contribution is 2.44. The lowest BCUT2D eigenvalue weighted by Crippen LogP contribution is -2.20. The molecule has 18 heavy (non-hydrogen) atoms. The van der Waals surface area contributed by atoms with Gasteiger partial charge < -0.3 is 16.2 Å². The van der Waals surface area contributed by atoms with Crippen LogP contribution < -0.4 is 11.1 Å². The van der Waals surface area contributed by atoms with Crippen LogP contribution in [0.5, 0.6) is 0 Å². The first-order chi connectivity index (χ1) is 8.35. The summed E-state index contributed by atoms with van der Waals surface area (Å²) in [6, 6.07) is 0.809. The average molecular weight is 262 g/mol. The Balaban J connectivity index is 2.11. The number of nitrogens with two attached hydrogens (primary N) is 1. The topological polar surface area (TPSA) is 84.1 Å². The van der Waals surface area contributed by atoms with Crippen LogP contribution in [-0.2, 0) is 6.18 Å². The summed E-state index contributed by atoms with van der Waals surface area (Å²) in [6.07, 6.45) is -2.85. The van der Waals surface area contributed by atoms with Gasteiger partial charge in [0.05, 0.1) is 6.61 Å². The van der Waals surface area contributed by atoms with Crippen molar-refractivity contribution in [3.05, 3.63) is 11.8 Å². The largest absolute Gasteiger partial charge is 0.433 e. The minimum absolute atomic E-state index is 0.00664. The van der Waals surface area contributed by atoms with Crippen molar-refractivity contribution in [2.45, 2.75) is 19.0 Å². The Morgan fingerprint density at radius 3 is 2.56 bits per heavy atom. The Bertz CT molecular complexity index is 445. The molecule has 0 aliphatic heterocycles. The van der Waals surface area contributed by atoms with Gasteiger partial charge in [-0.25, -0.2) is 4.98 Å². The molecule has 1 aromatic heterocycles. The van der Waals surface area contributed by atoms with Gasteiger partial charge in [0.25, 0.3) is 0 Å². The average Bonchev–Trinajstić information content (AvgIpc) is 3.05. The molecule has 0 atom stereocenters. The van der Waals surface area contributed by atoms with Crippen molar-refractivity contribution in [3.63, 3.8) is 0 Å². The van der Waals surface area contributed by atoms with Crippen LogP contribution in [0.15, 0.2) is 6.07 Å². The molecule has 4 N–H and O–H groups in total. The van der Waals surface area contributed by atoms with Crippen LogP contribution >= 0.6 is 0 Å². The van der Waals surface area contributed by atoms with Crippen molar-refractivity contribution >= 4 is 11.8 Å². The summed E-state index contributed by atoms with van der Waals surface area (Å²) in [5.41, 5.74) is 3.93. The number of aromatic nitrogens is 2. The van der Waals surface area contributed by atoms with Crippen LogP contribution in [-0.4, -0.2) is 28.2 Å². The van der Waals surface area contributed by atoms with E-state index in [1.807, 2.05) is 0 Å². The third-order valence-electron chi connectivity index (χ3n) is 2.97. The second-order valence-electron chi connectivity index (χ2n) is 4.51. The molecule has 1 aliphatic rings. The first-order valence-electron chi connectivity index (χ1n) is 5.41. The van der Waals surface area contributed by atoms with E-state index in [1.165, 1.54) is 0 Å². The second kappa shape index (κ2) is 4.27. The summed E-state index contributed by atoms with van der Waals surface area (Å²) in [6.45, 7) is 0.379. The van der Waals surface area contributed by atoms with Gasteiger partial charge in [0.1, 0.15) is 5.82 Å². The van der Waals surface area contributed by atoms with Gasteiger partial charge >= 0.3 is 6.18 Å². The van der Waals surface area contributed by atoms with Gasteiger partial charge in [-0.15, -0.1) is 0 Å². The monoisotopic (exact) mass is 262 g/mol. The van der Waals surface area contributed by atoms with Crippen LogP contribution in [0.1, 0.15) is 18.5 Å². The number of nitrogens with zero attached hydrogens (tertiary/aromatic N) is 2. The maximum atomic E-state index is 12.5. The molecule has 2 rings (SSSR count). The van der Waals surface area contributed by atoms with E-state index in [0.29, 0.717) is 6.54 Å². The number of aliphatic hydroxyl groups excluding tert-OH is 1. The molecule has 1 aliphatic carbocycles. The lowest BCUT2D eigenvalue weighted by Gasteiger charge is -2.14. The summed E-state index contributed by atoms with van der Waals surface area (Å²) >= 11 is 0. The van der Waals surface area contributed by atoms with E-state index in [0.717, 1.165) is 18.9 Å². The molecule has 1 saturated carbocycles. The zero-order chi connectivity index (χ0) is 13.4. The van der Waals surface area contributed by atoms with Gasteiger partial charge in [-0.3, -0.25) is 0 Å². The summed E-state index contributed by atoms with van der Waals surface area (Å²) < 4.78 is 37.5. The lowest BCUT2D eigenvalue weighted by atomic mass is 10.1. The molecule has 1 heterocycles. The summed E-state index contributed by atoms with van der Waals surface area (Å²) in [5, 5.41) is 11.9. The Morgan fingerprint density at radius 2 is 2.06 bits per heavy atom. The Labute approximate surface area is 101 Å². The minimum atomic E-state index is -4.55. The summed E-state index contributed by atoms with van der Waals surface area (Å²) in [7, 11) is 0. The highest BCUT2D eigenvalue weighted by atomic mass is 19.4. The maximum absolute atomic E-state index is 12.5. The van der Waals surface area contributed by atoms with Crippen molar-refractivity contribution < 1.29 is 18.3 Å². The fraction of sp³-hybridized carbons (Fsp3) is 0.600. The Morgan fingerprint density at radius 1 is 1.39 bits per heavy atom. The SMILES string of the molecule is Nc1nc(NCC2(CO)CC2)cc(C(F)(F)F)n1. The fourth-order valence-electron chi connectivity index (χ4n) is 1.55. The molecule has 0 bridgehead atoms. The van der Waals surface area contributed by atoms with Crippen molar-refractivity contribution in [1.82, 2.24) is 9.97 Å². The van der Waals surface area contributed by atoms with E-state index < -0.39 is 17.8 Å². The normalized spacial score (nSPS) is 17.6. The van der Waals surface area contributed by atoms with Crippen LogP contribution in [0.25, 0.3) is 0 Å². The first kappa shape index (κ1) is 12.9. The number of anilines is 2. The van der Waals surface area contributed by atoms with Gasteiger partial charge in [-0.05, 0) is 12.8 Å². The van der Waals surface area contributed by atoms with E-state index in [9.17, 15) is 13.2 Å². The highest BCUT2D eigenvalue weighted by molar-refractivity contribution is 5.41. The van der Waals surface area contributed by atoms with E-state index in [2.05, 4.69) is 15.3 Å². The summed E-state index contributed by atoms with van der Waals surface area (Å²) in [5.74, 6) is -0.407. The summed E-state index contributed by atoms with van der Waals surface area (Å²) in [4.78, 5) is 6.82. The number of nitrogens with one attached hydrogen (secondary N) is 1. The highest BCUT2D eigenvalue weighted by Gasteiger charge is 2.42. The first-order valence-corrected chi connectivity index (χ1v) is 5.41. The molecular weight excluding hydrogens is 249 g/mol. The Kier molecular flexibility index (Phi) is 3.05. The van der Waals surface area contributed by atoms with E-state index >= 15 is 0 Å². The lowest BCUT2D eigenvalue weighted by molar-refractivity contribution is -0.141. The van der Waals surface area contributed by atoms with Gasteiger partial charge in [-0.1, -0.05) is 0 Å². The van der Waals surface area contributed by atoms with Gasteiger partial charge in [0, 0.05) is 18.0 Å². The van der Waals surface area contributed by atoms with E-state index in [-0.39, 0.29) is 17.8 Å². The maximum Gasteiger partial charge on any atom is 0.433 e. The molecular formula is C10H13F3N4O. The van der Waals surface area contributed by atoms with Crippen LogP contribution in [0.3, 0.4) is 0 Å². The number of halogens is 3. The number of hydrogen-bond donors (Lipinski definition) is 3. The van der Waals surface area contributed by atoms with Crippen molar-refractivity contribution in [1.29, 1.82) is 0 Å². The number of aliphatic hydroxyl groups is 1. The van der Waals surface area contributed by atoms with Gasteiger partial charge in [0.15, 0.2) is 5.69 Å². The third kappa shape index (κ3) is 2.81. The zero-order valence-electron chi connectivity index (χ0n) is 9.46. The number of alkyl halides is 3. The van der Waals surface area contributed by atoms with Crippen molar-refractivity contribution in [3.8, 4) is 0 Å². The van der Waals surface area contributed by atoms with E-state index in [1.54, 1.807) is 0 Å². The number of rotatable bonds is 4. The molecule has 0 spiro atoms. The molecule has 5 nitrogen and oxygen atoms in total. The van der Waals surface area contributed by atoms with E-state index in [4.69, 9.17) is 10.8 Å². The molecule has 0 unspecified atom stereocenters. The van der Waals surface area contributed by atoms with Crippen LogP contribution in [0.4, 0.5) is 24.9 Å². The second-order valence-corrected chi connectivity index (χ2v) is 4.51. The quantitative estimate of drug-likeness (QED) is 0.760. The fourth-order valence-corrected chi connectivity index (χ4v) is 1.55. The number of nitrogen functional groups attached to an aromatic ring is 1. The van der Waals surface area contributed by atoms with Crippen molar-refractivity contribution in [2.75, 3.05) is 24.2 Å². The van der Waals surface area contributed by atoms with Gasteiger partial charge in [-0.2, -0.15) is 18.2 Å². The standard InChI is InChI=1S/C10H13F3N4O/c11-10(12,13)6-3-7(17-8(14)16-6)15-4-9(5-18)1-2-9/h3,18H,1-2,4-5H2,(H3,14,15,16,17). The molecule has 8 heteroatoms. The molecule has 1 aromatic rings. The van der Waals surface area contributed by atoms with Crippen molar-refractivity contribution in [2.24, 2.45) is 5.41 Å². The predicted octanol–water partition coefficient (Wildman–Crippen LogP) is 1.26. The Hall–Kier alpha value is -1.57. The minimum Gasteiger partial charge on any atom is -0.396 e. The smallest absolute Gasteiger partial charge is 0.396 e.